The minimum Gasteiger partial charge on any atom is -0.290 e. The molecule has 0 aliphatic rings. The molecule has 0 radical (unpaired) electrons. The number of thiophene rings is 1. The van der Waals surface area contributed by atoms with Gasteiger partial charge in [-0.25, -0.2) is 4.98 Å². The molecular weight excluding hydrogens is 310 g/mol. The van der Waals surface area contributed by atoms with Gasteiger partial charge in [-0.3, -0.25) is 14.7 Å². The first-order chi connectivity index (χ1) is 11.1. The Balaban J connectivity index is 1.72. The first-order valence-electron chi connectivity index (χ1n) is 7.17. The van der Waals surface area contributed by atoms with Crippen LogP contribution in [-0.4, -0.2) is 26.7 Å². The molecule has 1 N–H and O–H groups in total. The molecule has 0 saturated carbocycles. The highest BCUT2D eigenvalue weighted by atomic mass is 32.1. The molecule has 0 saturated heterocycles. The molecule has 3 aromatic rings. The highest BCUT2D eigenvalue weighted by Gasteiger charge is 2.21. The fourth-order valence-electron chi connectivity index (χ4n) is 2.27. The number of rotatable bonds is 6. The number of Topliss-reactive ketones (excluding diaryl/α,β-unsaturated/α-hetero) is 2. The normalized spacial score (nSPS) is 10.7. The van der Waals surface area contributed by atoms with Gasteiger partial charge >= 0.3 is 0 Å². The van der Waals surface area contributed by atoms with E-state index in [1.165, 1.54) is 17.5 Å². The minimum atomic E-state index is -0.654. The maximum Gasteiger partial charge on any atom is 0.267 e. The number of nitrogens with one attached hydrogen (secondary N) is 1. The van der Waals surface area contributed by atoms with Crippen molar-refractivity contribution in [3.63, 3.8) is 0 Å². The molecule has 1 aromatic carbocycles. The molecular formula is C17H15N3O2S. The zero-order valence-corrected chi connectivity index (χ0v) is 13.4. The van der Waals surface area contributed by atoms with Crippen LogP contribution in [0.2, 0.25) is 0 Å². The summed E-state index contributed by atoms with van der Waals surface area (Å²) in [6.07, 6.45) is 2.13. The number of carbonyl (C=O) groups is 2. The predicted molar refractivity (Wildman–Crippen MR) is 87.7 cm³/mol. The lowest BCUT2D eigenvalue weighted by Crippen LogP contribution is -2.18. The predicted octanol–water partition coefficient (Wildman–Crippen LogP) is 2.76. The van der Waals surface area contributed by atoms with E-state index in [-0.39, 0.29) is 12.2 Å². The van der Waals surface area contributed by atoms with Crippen molar-refractivity contribution in [2.45, 2.75) is 19.8 Å². The molecule has 0 fully saturated rings. The summed E-state index contributed by atoms with van der Waals surface area (Å²) in [4.78, 5) is 28.9. The van der Waals surface area contributed by atoms with Crippen molar-refractivity contribution in [1.29, 1.82) is 0 Å². The second kappa shape index (κ2) is 6.66. The molecule has 5 nitrogen and oxygen atoms in total. The summed E-state index contributed by atoms with van der Waals surface area (Å²) in [5.74, 6) is -1.22. The van der Waals surface area contributed by atoms with E-state index >= 15 is 0 Å². The van der Waals surface area contributed by atoms with Gasteiger partial charge in [0.15, 0.2) is 0 Å². The number of benzene rings is 1. The van der Waals surface area contributed by atoms with Crippen molar-refractivity contribution in [3.8, 4) is 0 Å². The van der Waals surface area contributed by atoms with E-state index in [9.17, 15) is 9.59 Å². The number of ketones is 2. The highest BCUT2D eigenvalue weighted by molar-refractivity contribution is 7.10. The van der Waals surface area contributed by atoms with Crippen LogP contribution in [0.15, 0.2) is 42.0 Å². The number of aromatic amines is 1. The second-order valence-corrected chi connectivity index (χ2v) is 6.28. The van der Waals surface area contributed by atoms with E-state index in [0.717, 1.165) is 16.9 Å². The number of H-pyrrole nitrogens is 1. The molecule has 6 heteroatoms. The standard InChI is InChI=1S/C17H15N3O2S/c1-11-2-4-12(5-3-11)8-15-13(6-7-23-15)9-14(21)16(22)17-18-10-19-20-17/h2-7,10H,8-9H2,1H3,(H,18,19,20). The lowest BCUT2D eigenvalue weighted by atomic mass is 10.0. The van der Waals surface area contributed by atoms with E-state index in [0.29, 0.717) is 0 Å². The molecule has 3 rings (SSSR count). The summed E-state index contributed by atoms with van der Waals surface area (Å²) in [5, 5.41) is 8.05. The van der Waals surface area contributed by atoms with Crippen LogP contribution in [0.25, 0.3) is 0 Å². The molecule has 23 heavy (non-hydrogen) atoms. The number of aryl methyl sites for hydroxylation is 1. The largest absolute Gasteiger partial charge is 0.290 e. The molecule has 0 unspecified atom stereocenters. The third-order valence-corrected chi connectivity index (χ3v) is 4.51. The van der Waals surface area contributed by atoms with Crippen molar-refractivity contribution in [3.05, 3.63) is 69.4 Å². The average molecular weight is 325 g/mol. The summed E-state index contributed by atoms with van der Waals surface area (Å²) in [6, 6.07) is 10.2. The van der Waals surface area contributed by atoms with Crippen LogP contribution in [-0.2, 0) is 17.6 Å². The summed E-state index contributed by atoms with van der Waals surface area (Å²) in [6.45, 7) is 2.05. The van der Waals surface area contributed by atoms with E-state index in [1.54, 1.807) is 11.3 Å². The van der Waals surface area contributed by atoms with E-state index < -0.39 is 11.6 Å². The molecule has 0 aliphatic carbocycles. The zero-order chi connectivity index (χ0) is 16.2. The Morgan fingerprint density at radius 1 is 1.17 bits per heavy atom. The fourth-order valence-corrected chi connectivity index (χ4v) is 3.21. The van der Waals surface area contributed by atoms with Crippen molar-refractivity contribution in [2.75, 3.05) is 0 Å². The van der Waals surface area contributed by atoms with Crippen LogP contribution < -0.4 is 0 Å². The molecule has 2 aromatic heterocycles. The summed E-state index contributed by atoms with van der Waals surface area (Å²) in [5.41, 5.74) is 3.30. The Bertz CT molecular complexity index is 820. The minimum absolute atomic E-state index is 0.0784. The van der Waals surface area contributed by atoms with Gasteiger partial charge in [0.1, 0.15) is 6.33 Å². The third-order valence-electron chi connectivity index (χ3n) is 3.55. The maximum atomic E-state index is 12.1. The molecule has 116 valence electrons. The smallest absolute Gasteiger partial charge is 0.267 e. The quantitative estimate of drug-likeness (QED) is 0.558. The summed E-state index contributed by atoms with van der Waals surface area (Å²) in [7, 11) is 0. The molecule has 0 spiro atoms. The Morgan fingerprint density at radius 3 is 2.65 bits per heavy atom. The Kier molecular flexibility index (Phi) is 4.43. The van der Waals surface area contributed by atoms with E-state index in [1.807, 2.05) is 18.4 Å². The van der Waals surface area contributed by atoms with Crippen LogP contribution >= 0.6 is 11.3 Å². The summed E-state index contributed by atoms with van der Waals surface area (Å²) >= 11 is 1.60. The van der Waals surface area contributed by atoms with Crippen LogP contribution in [0.1, 0.15) is 32.2 Å². The number of hydrogen-bond acceptors (Lipinski definition) is 5. The van der Waals surface area contributed by atoms with Gasteiger partial charge in [-0.05, 0) is 29.5 Å². The van der Waals surface area contributed by atoms with Gasteiger partial charge in [-0.2, -0.15) is 0 Å². The van der Waals surface area contributed by atoms with Gasteiger partial charge < -0.3 is 0 Å². The van der Waals surface area contributed by atoms with Gasteiger partial charge in [0.2, 0.25) is 11.6 Å². The topological polar surface area (TPSA) is 75.7 Å². The fraction of sp³-hybridized carbons (Fsp3) is 0.176. The maximum absolute atomic E-state index is 12.1. The first-order valence-corrected chi connectivity index (χ1v) is 8.05. The zero-order valence-electron chi connectivity index (χ0n) is 12.6. The van der Waals surface area contributed by atoms with Gasteiger partial charge in [-0.15, -0.1) is 16.4 Å². The lowest BCUT2D eigenvalue weighted by molar-refractivity contribution is -0.114. The number of nitrogens with zero attached hydrogens (tertiary/aromatic N) is 2. The highest BCUT2D eigenvalue weighted by Crippen LogP contribution is 2.22. The third kappa shape index (κ3) is 3.60. The van der Waals surface area contributed by atoms with Gasteiger partial charge in [-0.1, -0.05) is 29.8 Å². The molecule has 2 heterocycles. The molecule has 0 bridgehead atoms. The second-order valence-electron chi connectivity index (χ2n) is 5.28. The van der Waals surface area contributed by atoms with Crippen molar-refractivity contribution >= 4 is 22.9 Å². The van der Waals surface area contributed by atoms with Crippen molar-refractivity contribution in [1.82, 2.24) is 15.2 Å². The van der Waals surface area contributed by atoms with Gasteiger partial charge in [0.05, 0.1) is 0 Å². The number of aromatic nitrogens is 3. The van der Waals surface area contributed by atoms with E-state index in [2.05, 4.69) is 39.4 Å². The lowest BCUT2D eigenvalue weighted by Gasteiger charge is -2.04. The van der Waals surface area contributed by atoms with Gasteiger partial charge in [0, 0.05) is 17.7 Å². The monoisotopic (exact) mass is 325 g/mol. The molecule has 0 atom stereocenters. The van der Waals surface area contributed by atoms with Crippen LogP contribution in [0, 0.1) is 6.92 Å². The molecule has 0 aliphatic heterocycles. The Hall–Kier alpha value is -2.60. The molecule has 0 amide bonds. The number of carbonyl (C=O) groups excluding carboxylic acids is 2. The summed E-state index contributed by atoms with van der Waals surface area (Å²) < 4.78 is 0. The first kappa shape index (κ1) is 15.3. The average Bonchev–Trinajstić information content (AvgIpc) is 3.21. The SMILES string of the molecule is Cc1ccc(Cc2sccc2CC(=O)C(=O)c2nc[nH]n2)cc1. The van der Waals surface area contributed by atoms with Crippen molar-refractivity contribution < 1.29 is 9.59 Å². The van der Waals surface area contributed by atoms with Crippen LogP contribution in [0.3, 0.4) is 0 Å². The van der Waals surface area contributed by atoms with Crippen molar-refractivity contribution in [2.24, 2.45) is 0 Å². The Labute approximate surface area is 137 Å². The van der Waals surface area contributed by atoms with E-state index in [4.69, 9.17) is 0 Å². The van der Waals surface area contributed by atoms with Gasteiger partial charge in [0.25, 0.3) is 5.78 Å². The van der Waals surface area contributed by atoms with Crippen LogP contribution in [0.4, 0.5) is 0 Å². The Morgan fingerprint density at radius 2 is 1.96 bits per heavy atom. The van der Waals surface area contributed by atoms with Crippen LogP contribution in [0.5, 0.6) is 0 Å². The number of hydrogen-bond donors (Lipinski definition) is 1.